The first-order chi connectivity index (χ1) is 21.9. The van der Waals surface area contributed by atoms with Gasteiger partial charge in [-0.25, -0.2) is 13.8 Å². The zero-order valence-corrected chi connectivity index (χ0v) is 25.9. The van der Waals surface area contributed by atoms with Gasteiger partial charge >= 0.3 is 6.01 Å². The summed E-state index contributed by atoms with van der Waals surface area (Å²) in [4.78, 5) is 18.4. The Morgan fingerprint density at radius 2 is 2.04 bits per heavy atom. The van der Waals surface area contributed by atoms with Gasteiger partial charge in [-0.3, -0.25) is 4.90 Å². The number of nitrogens with one attached hydrogen (secondary N) is 1. The Labute approximate surface area is 265 Å². The zero-order chi connectivity index (χ0) is 31.3. The van der Waals surface area contributed by atoms with E-state index in [4.69, 9.17) is 41.9 Å². The van der Waals surface area contributed by atoms with E-state index in [0.29, 0.717) is 78.5 Å². The number of nitrogens with zero attached hydrogens (tertiary/aromatic N) is 5. The van der Waals surface area contributed by atoms with Gasteiger partial charge in [-0.15, -0.1) is 0 Å². The van der Waals surface area contributed by atoms with Crippen molar-refractivity contribution in [2.75, 3.05) is 63.7 Å². The molecule has 0 radical (unpaired) electrons. The molecule has 1 saturated carbocycles. The monoisotopic (exact) mass is 639 g/mol. The number of fused-ring (bicyclic) bond motifs is 2. The summed E-state index contributed by atoms with van der Waals surface area (Å²) in [5.74, 6) is -0.0262. The van der Waals surface area contributed by atoms with Crippen LogP contribution in [0.2, 0.25) is 5.02 Å². The van der Waals surface area contributed by atoms with Crippen molar-refractivity contribution < 1.29 is 23.0 Å². The maximum Gasteiger partial charge on any atom is 0.319 e. The molecule has 2 aromatic heterocycles. The number of nitrogen functional groups attached to an aromatic ring is 1. The molecule has 3 N–H and O–H groups in total. The van der Waals surface area contributed by atoms with E-state index in [2.05, 4.69) is 14.9 Å². The predicted molar refractivity (Wildman–Crippen MR) is 169 cm³/mol. The van der Waals surface area contributed by atoms with Crippen LogP contribution in [-0.2, 0) is 4.74 Å². The lowest BCUT2D eigenvalue weighted by Gasteiger charge is -2.31. The van der Waals surface area contributed by atoms with E-state index in [9.17, 15) is 4.39 Å². The predicted octanol–water partition coefficient (Wildman–Crippen LogP) is 5.65. The maximum absolute atomic E-state index is 17.1. The van der Waals surface area contributed by atoms with Crippen molar-refractivity contribution >= 4 is 40.2 Å². The summed E-state index contributed by atoms with van der Waals surface area (Å²) in [5, 5.41) is 8.88. The van der Waals surface area contributed by atoms with Crippen LogP contribution in [0.25, 0.3) is 22.2 Å². The van der Waals surface area contributed by atoms with Gasteiger partial charge in [0.15, 0.2) is 5.82 Å². The molecule has 1 aromatic carbocycles. The fourth-order valence-corrected chi connectivity index (χ4v) is 7.57. The van der Waals surface area contributed by atoms with Gasteiger partial charge in [-0.05, 0) is 68.2 Å². The van der Waals surface area contributed by atoms with Crippen LogP contribution >= 0.6 is 11.6 Å². The van der Waals surface area contributed by atoms with Gasteiger partial charge in [-0.1, -0.05) is 11.6 Å². The molecule has 5 heterocycles. The van der Waals surface area contributed by atoms with Gasteiger partial charge in [0.1, 0.15) is 29.0 Å². The van der Waals surface area contributed by atoms with E-state index in [1.165, 1.54) is 7.11 Å². The fraction of sp³-hybridized carbons (Fsp3) is 0.500. The number of benzene rings is 1. The number of halogens is 3. The van der Waals surface area contributed by atoms with Crippen LogP contribution in [0.15, 0.2) is 18.0 Å². The highest BCUT2D eigenvalue weighted by atomic mass is 35.5. The van der Waals surface area contributed by atoms with Crippen LogP contribution in [0.4, 0.5) is 20.3 Å². The fourth-order valence-electron chi connectivity index (χ4n) is 7.20. The van der Waals surface area contributed by atoms with Gasteiger partial charge in [0.05, 0.1) is 25.6 Å². The topological polar surface area (TPSA) is 123 Å². The number of anilines is 2. The summed E-state index contributed by atoms with van der Waals surface area (Å²) >= 11 is 6.70. The van der Waals surface area contributed by atoms with E-state index in [1.807, 2.05) is 4.90 Å². The van der Waals surface area contributed by atoms with Gasteiger partial charge < -0.3 is 30.3 Å². The SMILES string of the molecule is COc1nc(-c2c(C=N)c(N)cc(Cl)c2C2CC2)c(F)c2nc(OCC34CCCN3C/C(=C\F)C4)nc(N3CCCOCC3)c12. The number of ether oxygens (including phenoxy) is 3. The van der Waals surface area contributed by atoms with Crippen LogP contribution in [0.5, 0.6) is 11.9 Å². The van der Waals surface area contributed by atoms with Crippen LogP contribution in [0.1, 0.15) is 55.6 Å². The number of hydrogen-bond acceptors (Lipinski definition) is 10. The van der Waals surface area contributed by atoms with Gasteiger partial charge in [0.2, 0.25) is 5.88 Å². The number of aromatic nitrogens is 3. The molecule has 4 fully saturated rings. The van der Waals surface area contributed by atoms with Crippen LogP contribution < -0.4 is 20.1 Å². The largest absolute Gasteiger partial charge is 0.480 e. The maximum atomic E-state index is 17.1. The highest BCUT2D eigenvalue weighted by Gasteiger charge is 2.47. The molecule has 0 spiro atoms. The van der Waals surface area contributed by atoms with Crippen LogP contribution in [-0.4, -0.2) is 84.7 Å². The minimum atomic E-state index is -0.707. The molecular formula is C32H36ClF2N7O3. The Morgan fingerprint density at radius 3 is 2.80 bits per heavy atom. The Kier molecular flexibility index (Phi) is 7.99. The molecule has 238 valence electrons. The smallest absolute Gasteiger partial charge is 0.319 e. The molecule has 7 rings (SSSR count). The van der Waals surface area contributed by atoms with E-state index in [0.717, 1.165) is 50.4 Å². The lowest BCUT2D eigenvalue weighted by atomic mass is 9.93. The number of methoxy groups -OCH3 is 1. The molecule has 1 aliphatic carbocycles. The second-order valence-corrected chi connectivity index (χ2v) is 12.7. The first kappa shape index (κ1) is 30.1. The summed E-state index contributed by atoms with van der Waals surface area (Å²) in [6.07, 6.45) is 6.75. The summed E-state index contributed by atoms with van der Waals surface area (Å²) in [7, 11) is 1.47. The van der Waals surface area contributed by atoms with Gasteiger partial charge in [0.25, 0.3) is 0 Å². The van der Waals surface area contributed by atoms with Gasteiger partial charge in [-0.2, -0.15) is 9.97 Å². The van der Waals surface area contributed by atoms with Crippen molar-refractivity contribution in [3.63, 3.8) is 0 Å². The summed E-state index contributed by atoms with van der Waals surface area (Å²) in [5.41, 5.74) is 8.30. The van der Waals surface area contributed by atoms with E-state index < -0.39 is 5.82 Å². The third-order valence-electron chi connectivity index (χ3n) is 9.50. The average molecular weight is 640 g/mol. The Morgan fingerprint density at radius 1 is 1.20 bits per heavy atom. The lowest BCUT2D eigenvalue weighted by molar-refractivity contribution is 0.108. The van der Waals surface area contributed by atoms with Crippen LogP contribution in [0, 0.1) is 11.2 Å². The van der Waals surface area contributed by atoms with Gasteiger partial charge in [0, 0.05) is 54.3 Å². The van der Waals surface area contributed by atoms with Crippen LogP contribution in [0.3, 0.4) is 0 Å². The van der Waals surface area contributed by atoms with Crippen molar-refractivity contribution in [1.82, 2.24) is 19.9 Å². The standard InChI is InChI=1S/C32H36ClF2N7O3/c1-43-30-25-28(26(35)27(38-30)24-20(15-36)22(37)12-21(33)23(24)19-4-5-19)39-31(40-29(25)41-7-3-10-44-11-9-41)45-17-32-6-2-8-42(32)16-18(13-32)14-34/h12,14-15,19,36H,2-11,13,16-17,37H2,1H3/b18-14-,36-15?. The van der Waals surface area contributed by atoms with Crippen molar-refractivity contribution in [1.29, 1.82) is 5.41 Å². The molecule has 1 unspecified atom stereocenters. The van der Waals surface area contributed by atoms with Crippen molar-refractivity contribution in [3.8, 4) is 23.1 Å². The molecule has 0 amide bonds. The number of pyridine rings is 1. The number of nitrogens with two attached hydrogens (primary N) is 1. The molecule has 3 aliphatic heterocycles. The van der Waals surface area contributed by atoms with Crippen molar-refractivity contribution in [2.45, 2.75) is 50.0 Å². The molecule has 10 nitrogen and oxygen atoms in total. The summed E-state index contributed by atoms with van der Waals surface area (Å²) < 4.78 is 48.4. The Bertz CT molecular complexity index is 1690. The number of rotatable bonds is 8. The molecule has 4 aliphatic rings. The first-order valence-corrected chi connectivity index (χ1v) is 15.8. The number of hydrogen-bond donors (Lipinski definition) is 2. The summed E-state index contributed by atoms with van der Waals surface area (Å²) in [6.45, 7) is 3.89. The minimum absolute atomic E-state index is 0.0139. The first-order valence-electron chi connectivity index (χ1n) is 15.4. The highest BCUT2D eigenvalue weighted by Crippen LogP contribution is 2.51. The van der Waals surface area contributed by atoms with Crippen molar-refractivity contribution in [3.05, 3.63) is 39.9 Å². The zero-order valence-electron chi connectivity index (χ0n) is 25.2. The second-order valence-electron chi connectivity index (χ2n) is 12.3. The average Bonchev–Trinajstić information content (AvgIpc) is 3.77. The third-order valence-corrected chi connectivity index (χ3v) is 9.81. The molecule has 3 saturated heterocycles. The highest BCUT2D eigenvalue weighted by molar-refractivity contribution is 6.32. The normalized spacial score (nSPS) is 23.0. The quantitative estimate of drug-likeness (QED) is 0.238. The molecule has 3 aromatic rings. The lowest BCUT2D eigenvalue weighted by Crippen LogP contribution is -2.43. The second kappa shape index (κ2) is 12.0. The Hall–Kier alpha value is -3.61. The molecule has 13 heteroatoms. The van der Waals surface area contributed by atoms with E-state index >= 15 is 4.39 Å². The van der Waals surface area contributed by atoms with E-state index in [1.54, 1.807) is 6.07 Å². The minimum Gasteiger partial charge on any atom is -0.480 e. The molecule has 1 atom stereocenters. The third kappa shape index (κ3) is 5.26. The summed E-state index contributed by atoms with van der Waals surface area (Å²) in [6, 6.07) is 1.63. The molecule has 45 heavy (non-hydrogen) atoms. The van der Waals surface area contributed by atoms with E-state index in [-0.39, 0.29) is 46.9 Å². The molecule has 0 bridgehead atoms. The Balaban J connectivity index is 1.41. The van der Waals surface area contributed by atoms with Crippen molar-refractivity contribution in [2.24, 2.45) is 0 Å². The molecular weight excluding hydrogens is 604 g/mol.